The largest absolute Gasteiger partial charge is 0.355 e. The van der Waals surface area contributed by atoms with Gasteiger partial charge in [0.2, 0.25) is 0 Å². The third-order valence-corrected chi connectivity index (χ3v) is 2.94. The van der Waals surface area contributed by atoms with Gasteiger partial charge in [-0.15, -0.1) is 0 Å². The van der Waals surface area contributed by atoms with Crippen molar-refractivity contribution in [3.8, 4) is 6.07 Å². The number of nitrogens with two attached hydrogens (primary N) is 1. The minimum absolute atomic E-state index is 0.0814. The fraction of sp³-hybridized carbons (Fsp3) is 0.0714. The van der Waals surface area contributed by atoms with E-state index in [0.717, 1.165) is 5.56 Å². The zero-order valence-corrected chi connectivity index (χ0v) is 11.3. The average Bonchev–Trinajstić information content (AvgIpc) is 2.49. The highest BCUT2D eigenvalue weighted by molar-refractivity contribution is 5.70. The predicted octanol–water partition coefficient (Wildman–Crippen LogP) is 2.80. The summed E-state index contributed by atoms with van der Waals surface area (Å²) in [5.41, 5.74) is 5.36. The third kappa shape index (κ3) is 3.26. The second-order valence-electron chi connectivity index (χ2n) is 4.44. The summed E-state index contributed by atoms with van der Waals surface area (Å²) in [5, 5.41) is 22.9. The van der Waals surface area contributed by atoms with Gasteiger partial charge in [0.25, 0.3) is 5.69 Å². The molecular weight excluding hydrogens is 270 g/mol. The lowest BCUT2D eigenvalue weighted by molar-refractivity contribution is -0.384. The first-order chi connectivity index (χ1) is 10.0. The Balaban J connectivity index is 2.41. The van der Waals surface area contributed by atoms with Crippen LogP contribution < -0.4 is 16.6 Å². The van der Waals surface area contributed by atoms with E-state index in [1.165, 1.54) is 12.1 Å². The van der Waals surface area contributed by atoms with E-state index in [2.05, 4.69) is 16.8 Å². The maximum atomic E-state index is 10.9. The molecule has 2 aromatic rings. The summed E-state index contributed by atoms with van der Waals surface area (Å²) in [7, 11) is 0. The highest BCUT2D eigenvalue weighted by Crippen LogP contribution is 2.28. The van der Waals surface area contributed by atoms with Gasteiger partial charge in [-0.3, -0.25) is 16.0 Å². The molecule has 0 saturated carbocycles. The molecule has 0 fully saturated rings. The van der Waals surface area contributed by atoms with Gasteiger partial charge in [-0.05, 0) is 30.7 Å². The number of nitriles is 1. The lowest BCUT2D eigenvalue weighted by atomic mass is 10.1. The van der Waals surface area contributed by atoms with Crippen LogP contribution in [-0.4, -0.2) is 4.92 Å². The number of hydrazine groups is 1. The molecule has 2 rings (SSSR count). The van der Waals surface area contributed by atoms with Crippen molar-refractivity contribution in [2.24, 2.45) is 5.84 Å². The second-order valence-corrected chi connectivity index (χ2v) is 4.44. The minimum Gasteiger partial charge on any atom is -0.355 e. The summed E-state index contributed by atoms with van der Waals surface area (Å²) in [5.74, 6) is 5.31. The number of nitro groups is 1. The molecule has 106 valence electrons. The predicted molar refractivity (Wildman–Crippen MR) is 80.1 cm³/mol. The molecule has 21 heavy (non-hydrogen) atoms. The molecule has 0 amide bonds. The SMILES string of the molecule is Cc1ccc(C#N)cc1Nc1cc(NN)cc([N+](=O)[O-])c1. The lowest BCUT2D eigenvalue weighted by Crippen LogP contribution is -2.07. The first-order valence-corrected chi connectivity index (χ1v) is 6.07. The topological polar surface area (TPSA) is 117 Å². The van der Waals surface area contributed by atoms with Gasteiger partial charge in [0, 0.05) is 23.5 Å². The molecule has 0 spiro atoms. The van der Waals surface area contributed by atoms with Crippen LogP contribution in [0, 0.1) is 28.4 Å². The molecule has 4 N–H and O–H groups in total. The molecule has 0 radical (unpaired) electrons. The highest BCUT2D eigenvalue weighted by atomic mass is 16.6. The molecule has 7 heteroatoms. The van der Waals surface area contributed by atoms with Gasteiger partial charge in [-0.2, -0.15) is 5.26 Å². The zero-order valence-electron chi connectivity index (χ0n) is 11.3. The van der Waals surface area contributed by atoms with Crippen LogP contribution in [0.2, 0.25) is 0 Å². The number of nitrogens with one attached hydrogen (secondary N) is 2. The molecule has 0 atom stereocenters. The first-order valence-electron chi connectivity index (χ1n) is 6.07. The van der Waals surface area contributed by atoms with Gasteiger partial charge < -0.3 is 10.7 Å². The van der Waals surface area contributed by atoms with E-state index in [9.17, 15) is 10.1 Å². The number of benzene rings is 2. The highest BCUT2D eigenvalue weighted by Gasteiger charge is 2.10. The molecule has 0 bridgehead atoms. The fourth-order valence-electron chi connectivity index (χ4n) is 1.85. The molecular formula is C14H13N5O2. The number of nitro benzene ring substituents is 1. The van der Waals surface area contributed by atoms with E-state index in [1.807, 2.05) is 6.92 Å². The summed E-state index contributed by atoms with van der Waals surface area (Å²) in [6.07, 6.45) is 0. The Morgan fingerprint density at radius 3 is 2.57 bits per heavy atom. The number of non-ortho nitro benzene ring substituents is 1. The van der Waals surface area contributed by atoms with Crippen molar-refractivity contribution in [3.05, 3.63) is 57.6 Å². The standard InChI is InChI=1S/C14H13N5O2/c1-9-2-3-10(8-15)4-14(9)17-11-5-12(18-16)7-13(6-11)19(20)21/h2-7,17-18H,16H2,1H3. The Hall–Kier alpha value is -3.11. The molecule has 7 nitrogen and oxygen atoms in total. The molecule has 0 aromatic heterocycles. The normalized spacial score (nSPS) is 9.76. The van der Waals surface area contributed by atoms with E-state index >= 15 is 0 Å². The third-order valence-electron chi connectivity index (χ3n) is 2.94. The zero-order chi connectivity index (χ0) is 15.4. The van der Waals surface area contributed by atoms with E-state index in [-0.39, 0.29) is 5.69 Å². The molecule has 0 unspecified atom stereocenters. The van der Waals surface area contributed by atoms with Crippen LogP contribution >= 0.6 is 0 Å². The van der Waals surface area contributed by atoms with Crippen molar-refractivity contribution in [2.75, 3.05) is 10.7 Å². The number of aryl methyl sites for hydroxylation is 1. The van der Waals surface area contributed by atoms with Crippen LogP contribution in [0.15, 0.2) is 36.4 Å². The van der Waals surface area contributed by atoms with Gasteiger partial charge in [0.05, 0.1) is 22.2 Å². The molecule has 0 saturated heterocycles. The van der Waals surface area contributed by atoms with Crippen LogP contribution in [-0.2, 0) is 0 Å². The number of rotatable bonds is 4. The Morgan fingerprint density at radius 1 is 1.24 bits per heavy atom. The number of hydrogen-bond acceptors (Lipinski definition) is 6. The smallest absolute Gasteiger partial charge is 0.273 e. The molecule has 2 aromatic carbocycles. The van der Waals surface area contributed by atoms with Crippen LogP contribution in [0.3, 0.4) is 0 Å². The van der Waals surface area contributed by atoms with Gasteiger partial charge >= 0.3 is 0 Å². The van der Waals surface area contributed by atoms with Crippen molar-refractivity contribution < 1.29 is 4.92 Å². The van der Waals surface area contributed by atoms with Gasteiger partial charge in [-0.25, -0.2) is 0 Å². The molecule has 0 aliphatic rings. The van der Waals surface area contributed by atoms with Crippen LogP contribution in [0.1, 0.15) is 11.1 Å². The first kappa shape index (κ1) is 14.3. The van der Waals surface area contributed by atoms with E-state index in [1.54, 1.807) is 24.3 Å². The number of hydrogen-bond donors (Lipinski definition) is 3. The van der Waals surface area contributed by atoms with Crippen molar-refractivity contribution in [1.29, 1.82) is 5.26 Å². The van der Waals surface area contributed by atoms with E-state index in [4.69, 9.17) is 11.1 Å². The number of nitrogens with zero attached hydrogens (tertiary/aromatic N) is 2. The summed E-state index contributed by atoms with van der Waals surface area (Å²) in [6.45, 7) is 1.88. The van der Waals surface area contributed by atoms with Crippen molar-refractivity contribution in [2.45, 2.75) is 6.92 Å². The number of nitrogen functional groups attached to an aromatic ring is 1. The minimum atomic E-state index is -0.495. The fourth-order valence-corrected chi connectivity index (χ4v) is 1.85. The number of anilines is 3. The Labute approximate surface area is 121 Å². The van der Waals surface area contributed by atoms with E-state index < -0.39 is 4.92 Å². The van der Waals surface area contributed by atoms with Crippen molar-refractivity contribution in [1.82, 2.24) is 0 Å². The summed E-state index contributed by atoms with van der Waals surface area (Å²) >= 11 is 0. The van der Waals surface area contributed by atoms with Gasteiger partial charge in [0.15, 0.2) is 0 Å². The van der Waals surface area contributed by atoms with Crippen LogP contribution in [0.4, 0.5) is 22.7 Å². The molecule has 0 heterocycles. The molecule has 0 aliphatic heterocycles. The Kier molecular flexibility index (Phi) is 4.02. The second kappa shape index (κ2) is 5.90. The van der Waals surface area contributed by atoms with Gasteiger partial charge in [0.1, 0.15) is 0 Å². The van der Waals surface area contributed by atoms with Crippen LogP contribution in [0.25, 0.3) is 0 Å². The lowest BCUT2D eigenvalue weighted by Gasteiger charge is -2.11. The van der Waals surface area contributed by atoms with E-state index in [0.29, 0.717) is 22.6 Å². The summed E-state index contributed by atoms with van der Waals surface area (Å²) in [4.78, 5) is 10.4. The molecule has 0 aliphatic carbocycles. The Bertz CT molecular complexity index is 737. The Morgan fingerprint density at radius 2 is 1.95 bits per heavy atom. The van der Waals surface area contributed by atoms with Crippen molar-refractivity contribution >= 4 is 22.7 Å². The maximum Gasteiger partial charge on any atom is 0.273 e. The maximum absolute atomic E-state index is 10.9. The van der Waals surface area contributed by atoms with Crippen LogP contribution in [0.5, 0.6) is 0 Å². The monoisotopic (exact) mass is 283 g/mol. The van der Waals surface area contributed by atoms with Gasteiger partial charge in [-0.1, -0.05) is 6.07 Å². The van der Waals surface area contributed by atoms with Crippen molar-refractivity contribution in [3.63, 3.8) is 0 Å². The quantitative estimate of drug-likeness (QED) is 0.451. The summed E-state index contributed by atoms with van der Waals surface area (Å²) < 4.78 is 0. The summed E-state index contributed by atoms with van der Waals surface area (Å²) in [6, 6.07) is 11.6. The average molecular weight is 283 g/mol.